The number of anilines is 3. The molecule has 0 fully saturated rings. The van der Waals surface area contributed by atoms with Crippen molar-refractivity contribution in [2.75, 3.05) is 4.90 Å². The van der Waals surface area contributed by atoms with Crippen LogP contribution < -0.4 is 4.90 Å². The zero-order valence-electron chi connectivity index (χ0n) is 28.5. The molecule has 1 heterocycles. The van der Waals surface area contributed by atoms with Gasteiger partial charge in [0.2, 0.25) is 0 Å². The van der Waals surface area contributed by atoms with Gasteiger partial charge in [0.25, 0.3) is 0 Å². The fraction of sp³-hybridized carbons (Fsp3) is 0. The molecule has 0 unspecified atom stereocenters. The van der Waals surface area contributed by atoms with E-state index in [0.29, 0.717) is 0 Å². The molecule has 0 aliphatic rings. The third-order valence-corrected chi connectivity index (χ3v) is 10.4. The molecule has 1 aromatic heterocycles. The number of aromatic nitrogens is 1. The molecule has 2 heteroatoms. The van der Waals surface area contributed by atoms with Crippen LogP contribution in [-0.2, 0) is 0 Å². The zero-order chi connectivity index (χ0) is 34.4. The summed E-state index contributed by atoms with van der Waals surface area (Å²) in [5.41, 5.74) is 11.7. The molecule has 9 aromatic carbocycles. The Labute approximate surface area is 303 Å². The Hall–Kier alpha value is -6.90. The van der Waals surface area contributed by atoms with E-state index in [2.05, 4.69) is 216 Å². The van der Waals surface area contributed by atoms with Crippen LogP contribution in [0.4, 0.5) is 17.1 Å². The van der Waals surface area contributed by atoms with Crippen molar-refractivity contribution >= 4 is 60.4 Å². The highest BCUT2D eigenvalue weighted by Crippen LogP contribution is 2.44. The first-order valence-electron chi connectivity index (χ1n) is 17.9. The molecule has 0 saturated heterocycles. The van der Waals surface area contributed by atoms with Crippen molar-refractivity contribution in [3.63, 3.8) is 0 Å². The third-order valence-electron chi connectivity index (χ3n) is 10.4. The van der Waals surface area contributed by atoms with E-state index >= 15 is 0 Å². The zero-order valence-corrected chi connectivity index (χ0v) is 28.5. The number of hydrogen-bond donors (Lipinski definition) is 0. The van der Waals surface area contributed by atoms with E-state index in [4.69, 9.17) is 0 Å². The average molecular weight is 663 g/mol. The van der Waals surface area contributed by atoms with E-state index in [1.54, 1.807) is 0 Å². The largest absolute Gasteiger partial charge is 0.310 e. The van der Waals surface area contributed by atoms with Gasteiger partial charge in [0, 0.05) is 33.4 Å². The van der Waals surface area contributed by atoms with Gasteiger partial charge in [-0.05, 0) is 92.8 Å². The van der Waals surface area contributed by atoms with Gasteiger partial charge in [0.1, 0.15) is 0 Å². The normalized spacial score (nSPS) is 11.5. The molecule has 52 heavy (non-hydrogen) atoms. The number of fused-ring (bicyclic) bond motifs is 6. The summed E-state index contributed by atoms with van der Waals surface area (Å²) in [6.45, 7) is 0. The second-order valence-electron chi connectivity index (χ2n) is 13.4. The molecule has 0 spiro atoms. The molecule has 2 nitrogen and oxygen atoms in total. The summed E-state index contributed by atoms with van der Waals surface area (Å²) in [4.78, 5) is 2.41. The molecule has 0 bridgehead atoms. The molecule has 0 aliphatic carbocycles. The minimum atomic E-state index is 1.10. The highest BCUT2D eigenvalue weighted by Gasteiger charge is 2.20. The smallest absolute Gasteiger partial charge is 0.0547 e. The quantitative estimate of drug-likeness (QED) is 0.172. The van der Waals surface area contributed by atoms with Gasteiger partial charge in [0.15, 0.2) is 0 Å². The van der Waals surface area contributed by atoms with E-state index in [1.165, 1.54) is 65.6 Å². The average Bonchev–Trinajstić information content (AvgIpc) is 3.57. The Morgan fingerprint density at radius 2 is 0.962 bits per heavy atom. The highest BCUT2D eigenvalue weighted by atomic mass is 15.1. The summed E-state index contributed by atoms with van der Waals surface area (Å²) in [5, 5.41) is 7.44. The summed E-state index contributed by atoms with van der Waals surface area (Å²) >= 11 is 0. The standard InChI is InChI=1S/C50H34N2/c1-3-13-35(14-4-1)37-23-28-41(29-24-37)51(47-21-11-9-19-44(47)38-16-5-2-6-17-38)43-31-26-39-27-32-49-50(46(39)34-43)45-20-10-12-22-48(45)52(49)42-30-25-36-15-7-8-18-40(36)33-42/h1-34H. The Balaban J connectivity index is 1.21. The number of benzene rings is 9. The van der Waals surface area contributed by atoms with E-state index < -0.39 is 0 Å². The third kappa shape index (κ3) is 5.04. The second-order valence-corrected chi connectivity index (χ2v) is 13.4. The maximum absolute atomic E-state index is 2.42. The first kappa shape index (κ1) is 30.0. The van der Waals surface area contributed by atoms with E-state index in [0.717, 1.165) is 22.7 Å². The SMILES string of the molecule is c1ccc(-c2ccc(N(c3ccc4ccc5c(c4c3)c3ccccc3n5-c3ccc4ccccc4c3)c3ccccc3-c3ccccc3)cc2)cc1. The van der Waals surface area contributed by atoms with Crippen LogP contribution in [0.25, 0.3) is 71.3 Å². The minimum absolute atomic E-state index is 1.10. The van der Waals surface area contributed by atoms with Gasteiger partial charge >= 0.3 is 0 Å². The molecule has 244 valence electrons. The van der Waals surface area contributed by atoms with Gasteiger partial charge in [-0.3, -0.25) is 0 Å². The molecule has 0 atom stereocenters. The summed E-state index contributed by atoms with van der Waals surface area (Å²) in [6.07, 6.45) is 0. The lowest BCUT2D eigenvalue weighted by atomic mass is 9.99. The second kappa shape index (κ2) is 12.5. The fourth-order valence-electron chi connectivity index (χ4n) is 7.90. The van der Waals surface area contributed by atoms with Crippen LogP contribution >= 0.6 is 0 Å². The first-order valence-corrected chi connectivity index (χ1v) is 17.9. The van der Waals surface area contributed by atoms with Crippen molar-refractivity contribution in [1.82, 2.24) is 4.57 Å². The maximum Gasteiger partial charge on any atom is 0.0547 e. The molecular formula is C50H34N2. The van der Waals surface area contributed by atoms with Crippen LogP contribution in [0.5, 0.6) is 0 Å². The Morgan fingerprint density at radius 1 is 0.346 bits per heavy atom. The van der Waals surface area contributed by atoms with E-state index in [-0.39, 0.29) is 0 Å². The van der Waals surface area contributed by atoms with Crippen LogP contribution in [0.1, 0.15) is 0 Å². The lowest BCUT2D eigenvalue weighted by Gasteiger charge is -2.28. The molecule has 0 N–H and O–H groups in total. The van der Waals surface area contributed by atoms with E-state index in [9.17, 15) is 0 Å². The Kier molecular flexibility index (Phi) is 7.18. The van der Waals surface area contributed by atoms with Crippen LogP contribution in [0.2, 0.25) is 0 Å². The summed E-state index contributed by atoms with van der Waals surface area (Å²) in [5.74, 6) is 0. The topological polar surface area (TPSA) is 8.17 Å². The molecule has 0 aliphatic heterocycles. The highest BCUT2D eigenvalue weighted by molar-refractivity contribution is 6.22. The number of para-hydroxylation sites is 2. The number of rotatable bonds is 6. The predicted octanol–water partition coefficient (Wildman–Crippen LogP) is 13.9. The molecule has 0 amide bonds. The van der Waals surface area contributed by atoms with Crippen molar-refractivity contribution < 1.29 is 0 Å². The first-order chi connectivity index (χ1) is 25.8. The van der Waals surface area contributed by atoms with Crippen molar-refractivity contribution in [3.05, 3.63) is 206 Å². The van der Waals surface area contributed by atoms with Crippen molar-refractivity contribution in [3.8, 4) is 27.9 Å². The maximum atomic E-state index is 2.42. The summed E-state index contributed by atoms with van der Waals surface area (Å²) in [7, 11) is 0. The summed E-state index contributed by atoms with van der Waals surface area (Å²) < 4.78 is 2.42. The van der Waals surface area contributed by atoms with Gasteiger partial charge in [-0.25, -0.2) is 0 Å². The van der Waals surface area contributed by atoms with Gasteiger partial charge < -0.3 is 9.47 Å². The molecule has 0 radical (unpaired) electrons. The molecular weight excluding hydrogens is 629 g/mol. The number of hydrogen-bond acceptors (Lipinski definition) is 1. The van der Waals surface area contributed by atoms with Gasteiger partial charge in [-0.15, -0.1) is 0 Å². The van der Waals surface area contributed by atoms with Crippen molar-refractivity contribution in [2.45, 2.75) is 0 Å². The van der Waals surface area contributed by atoms with Gasteiger partial charge in [-0.2, -0.15) is 0 Å². The molecule has 10 rings (SSSR count). The van der Waals surface area contributed by atoms with Gasteiger partial charge in [0.05, 0.1) is 16.7 Å². The van der Waals surface area contributed by atoms with Crippen LogP contribution in [0.15, 0.2) is 206 Å². The Bertz CT molecular complexity index is 2890. The fourth-order valence-corrected chi connectivity index (χ4v) is 7.90. The lowest BCUT2D eigenvalue weighted by Crippen LogP contribution is -2.11. The molecule has 10 aromatic rings. The number of nitrogens with zero attached hydrogens (tertiary/aromatic N) is 2. The lowest BCUT2D eigenvalue weighted by molar-refractivity contribution is 1.19. The van der Waals surface area contributed by atoms with Crippen LogP contribution in [0, 0.1) is 0 Å². The van der Waals surface area contributed by atoms with Crippen LogP contribution in [-0.4, -0.2) is 4.57 Å². The van der Waals surface area contributed by atoms with Crippen molar-refractivity contribution in [1.29, 1.82) is 0 Å². The summed E-state index contributed by atoms with van der Waals surface area (Å²) in [6, 6.07) is 74.7. The molecule has 0 saturated carbocycles. The van der Waals surface area contributed by atoms with Crippen molar-refractivity contribution in [2.24, 2.45) is 0 Å². The van der Waals surface area contributed by atoms with E-state index in [1.807, 2.05) is 0 Å². The van der Waals surface area contributed by atoms with Gasteiger partial charge in [-0.1, -0.05) is 152 Å². The monoisotopic (exact) mass is 662 g/mol. The minimum Gasteiger partial charge on any atom is -0.310 e. The predicted molar refractivity (Wildman–Crippen MR) is 221 cm³/mol. The van der Waals surface area contributed by atoms with Crippen LogP contribution in [0.3, 0.4) is 0 Å². The Morgan fingerprint density at radius 3 is 1.79 bits per heavy atom.